The van der Waals surface area contributed by atoms with Crippen molar-refractivity contribution in [2.24, 2.45) is 0 Å². The minimum absolute atomic E-state index is 0.105. The molecule has 0 aliphatic rings. The summed E-state index contributed by atoms with van der Waals surface area (Å²) in [7, 11) is 0. The molecule has 0 fully saturated rings. The molecule has 0 bridgehead atoms. The normalized spacial score (nSPS) is 10.7. The van der Waals surface area contributed by atoms with Gasteiger partial charge in [-0.05, 0) is 36.6 Å². The van der Waals surface area contributed by atoms with Gasteiger partial charge in [-0.3, -0.25) is 4.68 Å². The number of ether oxygens (including phenoxy) is 1. The van der Waals surface area contributed by atoms with E-state index in [4.69, 9.17) is 9.26 Å². The van der Waals surface area contributed by atoms with Crippen molar-refractivity contribution < 1.29 is 22.8 Å². The van der Waals surface area contributed by atoms with Gasteiger partial charge in [0.1, 0.15) is 23.5 Å². The number of carbonyl (C=O) groups excluding carboxylic acids is 1. The molecule has 0 saturated carbocycles. The number of unbranched alkanes of at least 4 members (excludes halogenated alkanes) is 1. The molecule has 0 saturated heterocycles. The van der Waals surface area contributed by atoms with Crippen molar-refractivity contribution in [3.05, 3.63) is 107 Å². The molecular weight excluding hydrogens is 516 g/mol. The van der Waals surface area contributed by atoms with Crippen LogP contribution in [0.4, 0.5) is 8.78 Å². The Labute approximate surface area is 228 Å². The first kappa shape index (κ1) is 26.4. The fraction of sp³-hybridized carbons (Fsp3) is 0.167. The maximum atomic E-state index is 14.7. The highest BCUT2D eigenvalue weighted by atomic mass is 19.1. The Hall–Kier alpha value is -5.17. The van der Waals surface area contributed by atoms with E-state index in [1.807, 2.05) is 6.92 Å². The van der Waals surface area contributed by atoms with Crippen molar-refractivity contribution in [1.29, 1.82) is 0 Å². The zero-order valence-corrected chi connectivity index (χ0v) is 21.5. The van der Waals surface area contributed by atoms with Crippen LogP contribution < -0.4 is 0 Å². The molecule has 3 heterocycles. The van der Waals surface area contributed by atoms with Crippen LogP contribution in [-0.2, 0) is 11.3 Å². The number of halogens is 2. The van der Waals surface area contributed by atoms with Crippen LogP contribution in [0.1, 0.15) is 46.9 Å². The lowest BCUT2D eigenvalue weighted by Crippen LogP contribution is -2.08. The zero-order chi connectivity index (χ0) is 27.9. The fourth-order valence-electron chi connectivity index (χ4n) is 3.85. The van der Waals surface area contributed by atoms with Crippen molar-refractivity contribution in [3.63, 3.8) is 0 Å². The number of hydrogen-bond acceptors (Lipinski definition) is 7. The summed E-state index contributed by atoms with van der Waals surface area (Å²) in [6.07, 6.45) is 4.06. The second-order valence-corrected chi connectivity index (χ2v) is 8.72. The summed E-state index contributed by atoms with van der Waals surface area (Å²) < 4.78 is 40.9. The molecule has 0 unspecified atom stereocenters. The van der Waals surface area contributed by atoms with Crippen LogP contribution in [-0.4, -0.2) is 37.5 Å². The molecule has 0 radical (unpaired) electrons. The predicted molar refractivity (Wildman–Crippen MR) is 142 cm³/mol. The molecule has 5 rings (SSSR count). The summed E-state index contributed by atoms with van der Waals surface area (Å²) >= 11 is 0. The highest BCUT2D eigenvalue weighted by Crippen LogP contribution is 2.25. The van der Waals surface area contributed by atoms with Crippen molar-refractivity contribution in [1.82, 2.24) is 24.9 Å². The van der Waals surface area contributed by atoms with Crippen molar-refractivity contribution in [2.45, 2.75) is 26.3 Å². The second-order valence-electron chi connectivity index (χ2n) is 8.72. The highest BCUT2D eigenvalue weighted by Gasteiger charge is 2.18. The Bertz CT molecular complexity index is 1700. The Kier molecular flexibility index (Phi) is 8.02. The predicted octanol–water partition coefficient (Wildman–Crippen LogP) is 5.68. The molecule has 40 heavy (non-hydrogen) atoms. The molecular formula is C30H23F2N5O3. The molecule has 0 aliphatic carbocycles. The average Bonchev–Trinajstić information content (AvgIpc) is 3.65. The summed E-state index contributed by atoms with van der Waals surface area (Å²) in [5.41, 5.74) is 2.21. The van der Waals surface area contributed by atoms with Gasteiger partial charge in [0, 0.05) is 17.2 Å². The molecule has 3 aromatic heterocycles. The number of nitrogens with zero attached hydrogens (tertiary/aromatic N) is 5. The first-order valence-corrected chi connectivity index (χ1v) is 12.6. The van der Waals surface area contributed by atoms with E-state index in [2.05, 4.69) is 32.1 Å². The maximum absolute atomic E-state index is 14.7. The average molecular weight is 540 g/mol. The molecule has 10 heteroatoms. The standard InChI is InChI=1S/C30H23F2N5O3/c1-2-3-15-39-30(38)22-10-6-4-8-20(22)12-13-25-24(32)18-33-29(34-25)27-17-28(26-14-16-40-36-26)37(35-27)19-21-9-5-7-11-23(21)31/h4-11,14,16-18H,2-3,15,19H2,1H3. The number of esters is 1. The van der Waals surface area contributed by atoms with Crippen LogP contribution in [0.3, 0.4) is 0 Å². The quantitative estimate of drug-likeness (QED) is 0.142. The Morgan fingerprint density at radius 1 is 1.02 bits per heavy atom. The number of hydrogen-bond donors (Lipinski definition) is 0. The van der Waals surface area contributed by atoms with E-state index in [0.717, 1.165) is 19.0 Å². The van der Waals surface area contributed by atoms with E-state index >= 15 is 0 Å². The number of benzene rings is 2. The van der Waals surface area contributed by atoms with Gasteiger partial charge < -0.3 is 9.26 Å². The molecule has 200 valence electrons. The maximum Gasteiger partial charge on any atom is 0.339 e. The Morgan fingerprint density at radius 3 is 2.65 bits per heavy atom. The van der Waals surface area contributed by atoms with Crippen molar-refractivity contribution in [2.75, 3.05) is 6.61 Å². The lowest BCUT2D eigenvalue weighted by Gasteiger charge is -2.06. The van der Waals surface area contributed by atoms with Crippen LogP contribution in [0, 0.1) is 23.5 Å². The zero-order valence-electron chi connectivity index (χ0n) is 21.5. The lowest BCUT2D eigenvalue weighted by molar-refractivity contribution is 0.0499. The molecule has 0 amide bonds. The first-order valence-electron chi connectivity index (χ1n) is 12.6. The van der Waals surface area contributed by atoms with E-state index in [1.165, 1.54) is 12.3 Å². The third-order valence-corrected chi connectivity index (χ3v) is 5.92. The van der Waals surface area contributed by atoms with Gasteiger partial charge in [0.2, 0.25) is 0 Å². The SMILES string of the molecule is CCCCOC(=O)c1ccccc1C#Cc1nc(-c2cc(-c3ccon3)n(Cc3ccccc3F)n2)ncc1F. The van der Waals surface area contributed by atoms with Crippen LogP contribution in [0.25, 0.3) is 22.9 Å². The van der Waals surface area contributed by atoms with Crippen molar-refractivity contribution >= 4 is 5.97 Å². The number of carbonyl (C=O) groups is 1. The molecule has 2 aromatic carbocycles. The van der Waals surface area contributed by atoms with Crippen molar-refractivity contribution in [3.8, 4) is 34.7 Å². The third kappa shape index (κ3) is 5.94. The Balaban J connectivity index is 1.48. The molecule has 5 aromatic rings. The van der Waals surface area contributed by atoms with Gasteiger partial charge >= 0.3 is 5.97 Å². The van der Waals surface area contributed by atoms with E-state index < -0.39 is 11.8 Å². The summed E-state index contributed by atoms with van der Waals surface area (Å²) in [5, 5.41) is 8.51. The molecule has 0 N–H and O–H groups in total. The largest absolute Gasteiger partial charge is 0.462 e. The van der Waals surface area contributed by atoms with Gasteiger partial charge in [0.15, 0.2) is 17.3 Å². The summed E-state index contributed by atoms with van der Waals surface area (Å²) in [4.78, 5) is 20.9. The van der Waals surface area contributed by atoms with Gasteiger partial charge in [0.05, 0.1) is 30.6 Å². The second kappa shape index (κ2) is 12.1. The minimum Gasteiger partial charge on any atom is -0.462 e. The van der Waals surface area contributed by atoms with Crippen LogP contribution >= 0.6 is 0 Å². The molecule has 0 spiro atoms. The molecule has 0 atom stereocenters. The summed E-state index contributed by atoms with van der Waals surface area (Å²) in [6, 6.07) is 16.3. The first-order chi connectivity index (χ1) is 19.5. The van der Waals surface area contributed by atoms with Gasteiger partial charge in [-0.25, -0.2) is 23.5 Å². The van der Waals surface area contributed by atoms with Crippen LogP contribution in [0.2, 0.25) is 0 Å². The molecule has 8 nitrogen and oxygen atoms in total. The summed E-state index contributed by atoms with van der Waals surface area (Å²) in [5.74, 6) is 4.03. The van der Waals surface area contributed by atoms with E-state index in [9.17, 15) is 13.6 Å². The van der Waals surface area contributed by atoms with E-state index in [0.29, 0.717) is 34.8 Å². The number of rotatable bonds is 8. The smallest absolute Gasteiger partial charge is 0.339 e. The summed E-state index contributed by atoms with van der Waals surface area (Å²) in [6.45, 7) is 2.41. The third-order valence-electron chi connectivity index (χ3n) is 5.92. The van der Waals surface area contributed by atoms with Gasteiger partial charge in [-0.1, -0.05) is 54.8 Å². The van der Waals surface area contributed by atoms with Gasteiger partial charge in [-0.15, -0.1) is 0 Å². The van der Waals surface area contributed by atoms with E-state index in [1.54, 1.807) is 59.3 Å². The Morgan fingerprint density at radius 2 is 1.85 bits per heavy atom. The van der Waals surface area contributed by atoms with Gasteiger partial charge in [0.25, 0.3) is 0 Å². The molecule has 0 aliphatic heterocycles. The topological polar surface area (TPSA) is 95.9 Å². The van der Waals surface area contributed by atoms with Gasteiger partial charge in [-0.2, -0.15) is 5.10 Å². The van der Waals surface area contributed by atoms with Crippen LogP contribution in [0.5, 0.6) is 0 Å². The highest BCUT2D eigenvalue weighted by molar-refractivity contribution is 5.92. The monoisotopic (exact) mass is 539 g/mol. The van der Waals surface area contributed by atoms with Crippen LogP contribution in [0.15, 0.2) is 77.6 Å². The number of aromatic nitrogens is 5. The lowest BCUT2D eigenvalue weighted by atomic mass is 10.1. The van der Waals surface area contributed by atoms with E-state index in [-0.39, 0.29) is 29.4 Å². The fourth-order valence-corrected chi connectivity index (χ4v) is 3.85. The minimum atomic E-state index is -0.734.